The molecule has 1 aliphatic rings. The molecule has 0 amide bonds. The molecule has 1 aliphatic heterocycles. The fourth-order valence-corrected chi connectivity index (χ4v) is 3.10. The summed E-state index contributed by atoms with van der Waals surface area (Å²) in [6, 6.07) is 2.67. The van der Waals surface area contributed by atoms with Gasteiger partial charge in [-0.05, 0) is 37.2 Å². The molecule has 1 fully saturated rings. The first-order chi connectivity index (χ1) is 12.2. The van der Waals surface area contributed by atoms with E-state index in [4.69, 9.17) is 12.2 Å². The van der Waals surface area contributed by atoms with Crippen LogP contribution in [0, 0.1) is 10.1 Å². The van der Waals surface area contributed by atoms with Gasteiger partial charge in [-0.3, -0.25) is 10.1 Å². The Hall–Kier alpha value is -2.10. The van der Waals surface area contributed by atoms with Crippen molar-refractivity contribution in [2.75, 3.05) is 37.6 Å². The molecule has 10 heteroatoms. The summed E-state index contributed by atoms with van der Waals surface area (Å²) in [4.78, 5) is 14.3. The molecule has 26 heavy (non-hydrogen) atoms. The highest BCUT2D eigenvalue weighted by molar-refractivity contribution is 7.80. The number of halogens is 3. The third-order valence-electron chi connectivity index (χ3n) is 4.15. The van der Waals surface area contributed by atoms with Crippen molar-refractivity contribution in [1.29, 1.82) is 0 Å². The Kier molecular flexibility index (Phi) is 6.63. The predicted molar refractivity (Wildman–Crippen MR) is 97.4 cm³/mol. The number of nitrogens with zero attached hydrogens (tertiary/aromatic N) is 3. The van der Waals surface area contributed by atoms with Crippen molar-refractivity contribution in [3.05, 3.63) is 33.9 Å². The van der Waals surface area contributed by atoms with Crippen LogP contribution in [0.4, 0.5) is 24.5 Å². The van der Waals surface area contributed by atoms with Gasteiger partial charge in [0.25, 0.3) is 5.69 Å². The predicted octanol–water partition coefficient (Wildman–Crippen LogP) is 3.41. The maximum Gasteiger partial charge on any atom is 0.416 e. The Morgan fingerprint density at radius 3 is 2.65 bits per heavy atom. The van der Waals surface area contributed by atoms with Gasteiger partial charge in [0.1, 0.15) is 5.69 Å². The molecule has 0 unspecified atom stereocenters. The SMILES string of the molecule is CCCNC(=S)N1CCCN(c2ccc(C(F)(F)F)cc2[N+](=O)[O-])CC1. The zero-order valence-corrected chi connectivity index (χ0v) is 15.2. The minimum atomic E-state index is -4.62. The molecule has 1 N–H and O–H groups in total. The van der Waals surface area contributed by atoms with E-state index in [1.807, 2.05) is 11.8 Å². The summed E-state index contributed by atoms with van der Waals surface area (Å²) in [6.07, 6.45) is -2.97. The van der Waals surface area contributed by atoms with Crippen LogP contribution in [0.15, 0.2) is 18.2 Å². The zero-order valence-electron chi connectivity index (χ0n) is 14.4. The quantitative estimate of drug-likeness (QED) is 0.483. The molecule has 6 nitrogen and oxygen atoms in total. The van der Waals surface area contributed by atoms with Gasteiger partial charge in [-0.15, -0.1) is 0 Å². The van der Waals surface area contributed by atoms with Crippen LogP contribution in [-0.4, -0.2) is 47.7 Å². The van der Waals surface area contributed by atoms with Crippen LogP contribution in [-0.2, 0) is 6.18 Å². The largest absolute Gasteiger partial charge is 0.416 e. The summed E-state index contributed by atoms with van der Waals surface area (Å²) in [6.45, 7) is 5.00. The second kappa shape index (κ2) is 8.52. The maximum atomic E-state index is 12.8. The van der Waals surface area contributed by atoms with Crippen molar-refractivity contribution < 1.29 is 18.1 Å². The first kappa shape index (κ1) is 20.2. The lowest BCUT2D eigenvalue weighted by molar-refractivity contribution is -0.384. The van der Waals surface area contributed by atoms with Gasteiger partial charge < -0.3 is 15.1 Å². The highest BCUT2D eigenvalue weighted by Crippen LogP contribution is 2.36. The minimum absolute atomic E-state index is 0.206. The van der Waals surface area contributed by atoms with Gasteiger partial charge in [-0.25, -0.2) is 0 Å². The molecular formula is C16H21F3N4O2S. The Morgan fingerprint density at radius 1 is 1.31 bits per heavy atom. The van der Waals surface area contributed by atoms with E-state index >= 15 is 0 Å². The summed E-state index contributed by atoms with van der Waals surface area (Å²) in [5, 5.41) is 15.1. The molecule has 144 valence electrons. The third-order valence-corrected chi connectivity index (χ3v) is 4.55. The van der Waals surface area contributed by atoms with Gasteiger partial charge in [-0.2, -0.15) is 13.2 Å². The third kappa shape index (κ3) is 4.96. The van der Waals surface area contributed by atoms with Gasteiger partial charge >= 0.3 is 6.18 Å². The van der Waals surface area contributed by atoms with E-state index in [0.717, 1.165) is 19.0 Å². The average Bonchev–Trinajstić information content (AvgIpc) is 2.84. The van der Waals surface area contributed by atoms with E-state index in [-0.39, 0.29) is 5.69 Å². The van der Waals surface area contributed by atoms with Gasteiger partial charge in [0, 0.05) is 38.8 Å². The van der Waals surface area contributed by atoms with E-state index in [1.165, 1.54) is 6.07 Å². The number of thiocarbonyl (C=S) groups is 1. The highest BCUT2D eigenvalue weighted by atomic mass is 32.1. The molecule has 0 spiro atoms. The Labute approximate surface area is 155 Å². The lowest BCUT2D eigenvalue weighted by Gasteiger charge is -2.25. The summed E-state index contributed by atoms with van der Waals surface area (Å²) >= 11 is 5.34. The normalized spacial score (nSPS) is 15.5. The molecule has 0 atom stereocenters. The lowest BCUT2D eigenvalue weighted by atomic mass is 10.1. The van der Waals surface area contributed by atoms with Crippen LogP contribution in [0.25, 0.3) is 0 Å². The maximum absolute atomic E-state index is 12.8. The van der Waals surface area contributed by atoms with Gasteiger partial charge in [0.05, 0.1) is 10.5 Å². The molecule has 1 aromatic carbocycles. The number of alkyl halides is 3. The van der Waals surface area contributed by atoms with E-state index in [9.17, 15) is 23.3 Å². The molecule has 0 saturated carbocycles. The number of nitro groups is 1. The summed E-state index contributed by atoms with van der Waals surface area (Å²) in [5.41, 5.74) is -1.34. The smallest absolute Gasteiger partial charge is 0.364 e. The van der Waals surface area contributed by atoms with E-state index in [0.29, 0.717) is 43.8 Å². The molecule has 0 bridgehead atoms. The van der Waals surface area contributed by atoms with Crippen molar-refractivity contribution in [1.82, 2.24) is 10.2 Å². The molecular weight excluding hydrogens is 369 g/mol. The van der Waals surface area contributed by atoms with Crippen LogP contribution in [0.5, 0.6) is 0 Å². The number of nitro benzene ring substituents is 1. The first-order valence-electron chi connectivity index (χ1n) is 8.37. The number of rotatable bonds is 4. The van der Waals surface area contributed by atoms with Crippen LogP contribution in [0.1, 0.15) is 25.3 Å². The Bertz CT molecular complexity index is 669. The number of hydrogen-bond donors (Lipinski definition) is 1. The zero-order chi connectivity index (χ0) is 19.3. The standard InChI is InChI=1S/C16H21F3N4O2S/c1-2-6-20-15(26)22-8-3-7-21(9-10-22)13-5-4-12(16(17,18)19)11-14(13)23(24)25/h4-5,11H,2-3,6-10H2,1H3,(H,20,26). The first-order valence-corrected chi connectivity index (χ1v) is 8.78. The molecule has 1 saturated heterocycles. The minimum Gasteiger partial charge on any atom is -0.364 e. The number of nitrogens with one attached hydrogen (secondary N) is 1. The Balaban J connectivity index is 2.18. The van der Waals surface area contributed by atoms with Crippen molar-refractivity contribution >= 4 is 28.7 Å². The van der Waals surface area contributed by atoms with E-state index < -0.39 is 22.4 Å². The van der Waals surface area contributed by atoms with E-state index in [2.05, 4.69) is 5.32 Å². The average molecular weight is 390 g/mol. The van der Waals surface area contributed by atoms with Crippen LogP contribution < -0.4 is 10.2 Å². The number of anilines is 1. The molecule has 0 aromatic heterocycles. The van der Waals surface area contributed by atoms with Crippen LogP contribution >= 0.6 is 12.2 Å². The molecule has 1 aromatic rings. The Morgan fingerprint density at radius 2 is 2.04 bits per heavy atom. The summed E-state index contributed by atoms with van der Waals surface area (Å²) in [7, 11) is 0. The number of hydrogen-bond acceptors (Lipinski definition) is 4. The molecule has 0 aliphatic carbocycles. The highest BCUT2D eigenvalue weighted by Gasteiger charge is 2.34. The van der Waals surface area contributed by atoms with Crippen molar-refractivity contribution in [3.8, 4) is 0 Å². The molecule has 0 radical (unpaired) electrons. The number of benzene rings is 1. The fraction of sp³-hybridized carbons (Fsp3) is 0.562. The fourth-order valence-electron chi connectivity index (χ4n) is 2.82. The second-order valence-corrected chi connectivity index (χ2v) is 6.40. The van der Waals surface area contributed by atoms with Gasteiger partial charge in [0.15, 0.2) is 5.11 Å². The molecule has 1 heterocycles. The van der Waals surface area contributed by atoms with E-state index in [1.54, 1.807) is 4.90 Å². The van der Waals surface area contributed by atoms with Crippen LogP contribution in [0.3, 0.4) is 0 Å². The molecule has 2 rings (SSSR count). The lowest BCUT2D eigenvalue weighted by Crippen LogP contribution is -2.42. The summed E-state index contributed by atoms with van der Waals surface area (Å²) in [5.74, 6) is 0. The van der Waals surface area contributed by atoms with Crippen molar-refractivity contribution in [2.45, 2.75) is 25.9 Å². The summed E-state index contributed by atoms with van der Waals surface area (Å²) < 4.78 is 38.5. The topological polar surface area (TPSA) is 61.6 Å². The van der Waals surface area contributed by atoms with Crippen molar-refractivity contribution in [3.63, 3.8) is 0 Å². The second-order valence-electron chi connectivity index (χ2n) is 6.02. The van der Waals surface area contributed by atoms with Gasteiger partial charge in [-0.1, -0.05) is 6.92 Å². The van der Waals surface area contributed by atoms with Gasteiger partial charge in [0.2, 0.25) is 0 Å². The monoisotopic (exact) mass is 390 g/mol. The van der Waals surface area contributed by atoms with Crippen molar-refractivity contribution in [2.24, 2.45) is 0 Å². The van der Waals surface area contributed by atoms with Crippen LogP contribution in [0.2, 0.25) is 0 Å².